The van der Waals surface area contributed by atoms with Crippen molar-refractivity contribution in [2.75, 3.05) is 24.6 Å². The van der Waals surface area contributed by atoms with Crippen LogP contribution in [0.25, 0.3) is 0 Å². The maximum atomic E-state index is 13.3. The molecule has 1 aromatic heterocycles. The summed E-state index contributed by atoms with van der Waals surface area (Å²) in [5.41, 5.74) is 4.62. The lowest BCUT2D eigenvalue weighted by Gasteiger charge is -2.41. The minimum absolute atomic E-state index is 0.0183. The largest absolute Gasteiger partial charge is 0.375 e. The van der Waals surface area contributed by atoms with E-state index in [1.54, 1.807) is 17.3 Å². The predicted octanol–water partition coefficient (Wildman–Crippen LogP) is 4.89. The quantitative estimate of drug-likeness (QED) is 0.311. The number of nitriles is 1. The Kier molecular flexibility index (Phi) is 8.15. The molecular formula is C30H28ClN5O2. The van der Waals surface area contributed by atoms with Crippen molar-refractivity contribution in [3.8, 4) is 6.07 Å². The smallest absolute Gasteiger partial charge is 0.241 e. The third kappa shape index (κ3) is 6.29. The molecule has 38 heavy (non-hydrogen) atoms. The summed E-state index contributed by atoms with van der Waals surface area (Å²) in [5.74, 6) is 0.0183. The Morgan fingerprint density at radius 3 is 2.58 bits per heavy atom. The van der Waals surface area contributed by atoms with Gasteiger partial charge < -0.3 is 14.2 Å². The Balaban J connectivity index is 1.32. The van der Waals surface area contributed by atoms with Gasteiger partial charge in [-0.1, -0.05) is 60.1 Å². The molecule has 1 aliphatic heterocycles. The highest BCUT2D eigenvalue weighted by Crippen LogP contribution is 2.25. The molecule has 0 N–H and O–H groups in total. The van der Waals surface area contributed by atoms with Crippen LogP contribution >= 0.6 is 11.6 Å². The lowest BCUT2D eigenvalue weighted by Crippen LogP contribution is -2.57. The number of benzene rings is 3. The maximum absolute atomic E-state index is 13.3. The SMILES string of the molecule is N#Cc1ccc(Cn2cncc2CN2CC(=O)N(c3cccc(Cl)c3)C[C@@H]2COCc2ccccc2)cc1. The number of piperazine rings is 1. The number of rotatable bonds is 9. The van der Waals surface area contributed by atoms with Crippen LogP contribution in [0, 0.1) is 11.3 Å². The molecule has 1 atom stereocenters. The van der Waals surface area contributed by atoms with E-state index in [9.17, 15) is 4.79 Å². The highest BCUT2D eigenvalue weighted by atomic mass is 35.5. The Morgan fingerprint density at radius 2 is 1.82 bits per heavy atom. The number of nitrogens with zero attached hydrogens (tertiary/aromatic N) is 5. The minimum atomic E-state index is -0.0198. The summed E-state index contributed by atoms with van der Waals surface area (Å²) in [6.07, 6.45) is 3.65. The number of halogens is 1. The second-order valence-corrected chi connectivity index (χ2v) is 9.80. The molecule has 3 aromatic carbocycles. The first-order chi connectivity index (χ1) is 18.6. The Morgan fingerprint density at radius 1 is 1.00 bits per heavy atom. The van der Waals surface area contributed by atoms with Crippen molar-refractivity contribution in [3.63, 3.8) is 0 Å². The fraction of sp³-hybridized carbons (Fsp3) is 0.233. The van der Waals surface area contributed by atoms with E-state index in [4.69, 9.17) is 21.6 Å². The third-order valence-electron chi connectivity index (χ3n) is 6.69. The van der Waals surface area contributed by atoms with Gasteiger partial charge in [0, 0.05) is 36.5 Å². The summed E-state index contributed by atoms with van der Waals surface area (Å²) in [7, 11) is 0. The van der Waals surface area contributed by atoms with Crippen molar-refractivity contribution in [1.29, 1.82) is 5.26 Å². The number of anilines is 1. The van der Waals surface area contributed by atoms with E-state index in [1.165, 1.54) is 0 Å². The monoisotopic (exact) mass is 525 g/mol. The van der Waals surface area contributed by atoms with Crippen LogP contribution in [-0.4, -0.2) is 46.1 Å². The molecule has 2 heterocycles. The van der Waals surface area contributed by atoms with E-state index in [0.29, 0.717) is 43.4 Å². The highest BCUT2D eigenvalue weighted by Gasteiger charge is 2.33. The zero-order valence-electron chi connectivity index (χ0n) is 20.9. The van der Waals surface area contributed by atoms with Crippen molar-refractivity contribution in [3.05, 3.63) is 119 Å². The van der Waals surface area contributed by atoms with E-state index >= 15 is 0 Å². The molecule has 192 valence electrons. The highest BCUT2D eigenvalue weighted by molar-refractivity contribution is 6.30. The van der Waals surface area contributed by atoms with Gasteiger partial charge in [0.15, 0.2) is 0 Å². The zero-order valence-corrected chi connectivity index (χ0v) is 21.7. The molecular weight excluding hydrogens is 498 g/mol. The molecule has 4 aromatic rings. The first kappa shape index (κ1) is 25.7. The Hall–Kier alpha value is -3.96. The van der Waals surface area contributed by atoms with Crippen molar-refractivity contribution < 1.29 is 9.53 Å². The van der Waals surface area contributed by atoms with Crippen molar-refractivity contribution in [2.24, 2.45) is 0 Å². The number of ether oxygens (including phenoxy) is 1. The molecule has 0 bridgehead atoms. The zero-order chi connectivity index (χ0) is 26.3. The van der Waals surface area contributed by atoms with Gasteiger partial charge in [-0.05, 0) is 41.5 Å². The van der Waals surface area contributed by atoms with E-state index in [-0.39, 0.29) is 18.5 Å². The normalized spacial score (nSPS) is 15.9. The summed E-state index contributed by atoms with van der Waals surface area (Å²) in [6, 6.07) is 27.2. The van der Waals surface area contributed by atoms with Gasteiger partial charge in [0.25, 0.3) is 0 Å². The average molecular weight is 526 g/mol. The van der Waals surface area contributed by atoms with Gasteiger partial charge in [0.2, 0.25) is 5.91 Å². The van der Waals surface area contributed by atoms with Crippen LogP contribution < -0.4 is 4.90 Å². The predicted molar refractivity (Wildman–Crippen MR) is 147 cm³/mol. The van der Waals surface area contributed by atoms with E-state index < -0.39 is 0 Å². The minimum Gasteiger partial charge on any atom is -0.375 e. The molecule has 1 fully saturated rings. The van der Waals surface area contributed by atoms with Crippen LogP contribution in [0.3, 0.4) is 0 Å². The van der Waals surface area contributed by atoms with E-state index in [0.717, 1.165) is 22.5 Å². The van der Waals surface area contributed by atoms with Gasteiger partial charge in [0.1, 0.15) is 0 Å². The first-order valence-corrected chi connectivity index (χ1v) is 12.9. The number of amides is 1. The number of hydrogen-bond donors (Lipinski definition) is 0. The Labute approximate surface area is 227 Å². The molecule has 0 saturated carbocycles. The van der Waals surface area contributed by atoms with Crippen molar-refractivity contribution in [2.45, 2.75) is 25.7 Å². The number of aromatic nitrogens is 2. The van der Waals surface area contributed by atoms with Crippen LogP contribution in [0.5, 0.6) is 0 Å². The van der Waals surface area contributed by atoms with Crippen LogP contribution in [-0.2, 0) is 29.2 Å². The summed E-state index contributed by atoms with van der Waals surface area (Å²) >= 11 is 6.23. The number of hydrogen-bond acceptors (Lipinski definition) is 5. The van der Waals surface area contributed by atoms with Gasteiger partial charge >= 0.3 is 0 Å². The van der Waals surface area contributed by atoms with Crippen molar-refractivity contribution >= 4 is 23.2 Å². The molecule has 5 rings (SSSR count). The molecule has 0 aliphatic carbocycles. The first-order valence-electron chi connectivity index (χ1n) is 12.5. The molecule has 0 radical (unpaired) electrons. The van der Waals surface area contributed by atoms with Crippen LogP contribution in [0.4, 0.5) is 5.69 Å². The van der Waals surface area contributed by atoms with E-state index in [1.807, 2.05) is 79.0 Å². The maximum Gasteiger partial charge on any atom is 0.241 e. The van der Waals surface area contributed by atoms with Crippen LogP contribution in [0.15, 0.2) is 91.4 Å². The lowest BCUT2D eigenvalue weighted by atomic mass is 10.1. The topological polar surface area (TPSA) is 74.4 Å². The second-order valence-electron chi connectivity index (χ2n) is 9.37. The lowest BCUT2D eigenvalue weighted by molar-refractivity contribution is -0.123. The number of imidazole rings is 1. The van der Waals surface area contributed by atoms with Crippen molar-refractivity contribution in [1.82, 2.24) is 14.5 Å². The van der Waals surface area contributed by atoms with Gasteiger partial charge in [-0.2, -0.15) is 5.26 Å². The molecule has 1 saturated heterocycles. The molecule has 1 amide bonds. The third-order valence-corrected chi connectivity index (χ3v) is 6.93. The summed E-state index contributed by atoms with van der Waals surface area (Å²) < 4.78 is 8.23. The molecule has 0 unspecified atom stereocenters. The standard InChI is InChI=1S/C30H28ClN5O2/c31-26-7-4-8-27(13-26)36-18-29(21-38-20-25-5-2-1-3-6-25)34(19-30(36)37)17-28-15-33-22-35(28)16-24-11-9-23(14-32)10-12-24/h1-13,15,22,29H,16-21H2/t29-/m1/s1. The number of carbonyl (C=O) groups excluding carboxylic acids is 1. The molecule has 7 nitrogen and oxygen atoms in total. The molecule has 1 aliphatic rings. The second kappa shape index (κ2) is 12.1. The number of carbonyl (C=O) groups is 1. The van der Waals surface area contributed by atoms with Gasteiger partial charge in [-0.25, -0.2) is 4.98 Å². The Bertz CT molecular complexity index is 1410. The average Bonchev–Trinajstić information content (AvgIpc) is 3.37. The van der Waals surface area contributed by atoms with E-state index in [2.05, 4.69) is 20.5 Å². The summed E-state index contributed by atoms with van der Waals surface area (Å²) in [4.78, 5) is 21.6. The molecule has 8 heteroatoms. The fourth-order valence-corrected chi connectivity index (χ4v) is 4.84. The van der Waals surface area contributed by atoms with Gasteiger partial charge in [-0.3, -0.25) is 9.69 Å². The molecule has 0 spiro atoms. The van der Waals surface area contributed by atoms with Crippen LogP contribution in [0.1, 0.15) is 22.4 Å². The van der Waals surface area contributed by atoms with Gasteiger partial charge in [-0.15, -0.1) is 0 Å². The summed E-state index contributed by atoms with van der Waals surface area (Å²) in [5, 5.41) is 9.67. The van der Waals surface area contributed by atoms with Crippen LogP contribution in [0.2, 0.25) is 5.02 Å². The van der Waals surface area contributed by atoms with Gasteiger partial charge in [0.05, 0.1) is 49.5 Å². The fourth-order valence-electron chi connectivity index (χ4n) is 4.65. The summed E-state index contributed by atoms with van der Waals surface area (Å²) in [6.45, 7) is 2.93.